The van der Waals surface area contributed by atoms with E-state index in [9.17, 15) is 4.79 Å². The lowest BCUT2D eigenvalue weighted by atomic mass is 10.0. The summed E-state index contributed by atoms with van der Waals surface area (Å²) in [6, 6.07) is 15.7. The summed E-state index contributed by atoms with van der Waals surface area (Å²) in [7, 11) is 1.67. The number of nitrogens with two attached hydrogens (primary N) is 1. The Morgan fingerprint density at radius 1 is 1.05 bits per heavy atom. The first-order valence-corrected chi connectivity index (χ1v) is 11.4. The van der Waals surface area contributed by atoms with Gasteiger partial charge in [0.25, 0.3) is 0 Å². The van der Waals surface area contributed by atoms with E-state index < -0.39 is 0 Å². The Morgan fingerprint density at radius 2 is 1.95 bits per heavy atom. The molecule has 0 saturated heterocycles. The zero-order valence-electron chi connectivity index (χ0n) is 20.0. The van der Waals surface area contributed by atoms with E-state index in [0.29, 0.717) is 51.1 Å². The SMILES string of the molecule is [C-]#[N+]c1cccc(-c2nc(N)n3nc(Cn4nnnc4-c4ccccn4)nc3c2-c2ccc(=O)n(C)c2)c1. The molecule has 0 aliphatic rings. The van der Waals surface area contributed by atoms with Crippen LogP contribution in [0.4, 0.5) is 11.6 Å². The summed E-state index contributed by atoms with van der Waals surface area (Å²) < 4.78 is 4.47. The van der Waals surface area contributed by atoms with E-state index in [0.717, 1.165) is 0 Å². The minimum absolute atomic E-state index is 0.109. The molecule has 38 heavy (non-hydrogen) atoms. The van der Waals surface area contributed by atoms with E-state index in [1.54, 1.807) is 48.4 Å². The lowest BCUT2D eigenvalue weighted by Crippen LogP contribution is -2.14. The molecular weight excluding hydrogens is 484 g/mol. The molecule has 0 aliphatic carbocycles. The average molecular weight is 503 g/mol. The molecule has 5 aromatic heterocycles. The second kappa shape index (κ2) is 9.03. The van der Waals surface area contributed by atoms with Crippen LogP contribution in [0.3, 0.4) is 0 Å². The van der Waals surface area contributed by atoms with Gasteiger partial charge in [-0.25, -0.2) is 19.5 Å². The molecule has 13 nitrogen and oxygen atoms in total. The molecule has 0 unspecified atom stereocenters. The highest BCUT2D eigenvalue weighted by Gasteiger charge is 2.21. The van der Waals surface area contributed by atoms with Gasteiger partial charge < -0.3 is 10.3 Å². The van der Waals surface area contributed by atoms with Gasteiger partial charge in [-0.2, -0.15) is 4.52 Å². The van der Waals surface area contributed by atoms with E-state index in [1.165, 1.54) is 15.1 Å². The Bertz CT molecular complexity index is 1910. The van der Waals surface area contributed by atoms with Crippen molar-refractivity contribution >= 4 is 17.3 Å². The molecule has 2 N–H and O–H groups in total. The number of hydrogen-bond acceptors (Lipinski definition) is 9. The smallest absolute Gasteiger partial charge is 0.250 e. The Labute approximate surface area is 214 Å². The monoisotopic (exact) mass is 502 g/mol. The summed E-state index contributed by atoms with van der Waals surface area (Å²) in [6.07, 6.45) is 3.36. The highest BCUT2D eigenvalue weighted by atomic mass is 16.1. The third kappa shape index (κ3) is 3.91. The van der Waals surface area contributed by atoms with Crippen molar-refractivity contribution in [3.8, 4) is 33.9 Å². The normalized spacial score (nSPS) is 11.1. The van der Waals surface area contributed by atoms with Crippen LogP contribution >= 0.6 is 0 Å². The molecule has 0 radical (unpaired) electrons. The van der Waals surface area contributed by atoms with Crippen LogP contribution < -0.4 is 11.3 Å². The van der Waals surface area contributed by atoms with Crippen LogP contribution in [0.1, 0.15) is 5.82 Å². The van der Waals surface area contributed by atoms with Crippen LogP contribution in [0.15, 0.2) is 71.8 Å². The number of hydrogen-bond donors (Lipinski definition) is 1. The van der Waals surface area contributed by atoms with Crippen LogP contribution in [0, 0.1) is 6.57 Å². The fraction of sp³-hybridized carbons (Fsp3) is 0.0800. The van der Waals surface area contributed by atoms with Gasteiger partial charge in [-0.3, -0.25) is 9.78 Å². The average Bonchev–Trinajstić information content (AvgIpc) is 3.58. The van der Waals surface area contributed by atoms with E-state index in [-0.39, 0.29) is 18.1 Å². The van der Waals surface area contributed by atoms with Gasteiger partial charge in [0.15, 0.2) is 17.2 Å². The number of pyridine rings is 2. The highest BCUT2D eigenvalue weighted by molar-refractivity contribution is 5.91. The number of benzene rings is 1. The third-order valence-electron chi connectivity index (χ3n) is 5.90. The minimum atomic E-state index is -0.160. The van der Waals surface area contributed by atoms with Gasteiger partial charge in [0.1, 0.15) is 12.2 Å². The highest BCUT2D eigenvalue weighted by Crippen LogP contribution is 2.35. The number of nitrogen functional groups attached to an aromatic ring is 1. The molecule has 0 spiro atoms. The van der Waals surface area contributed by atoms with E-state index >= 15 is 0 Å². The molecule has 6 rings (SSSR count). The van der Waals surface area contributed by atoms with Gasteiger partial charge in [0.2, 0.25) is 17.3 Å². The van der Waals surface area contributed by atoms with Crippen LogP contribution in [0.25, 0.3) is 44.4 Å². The molecule has 0 atom stereocenters. The van der Waals surface area contributed by atoms with Crippen molar-refractivity contribution in [3.05, 3.63) is 94.6 Å². The van der Waals surface area contributed by atoms with Crippen molar-refractivity contribution in [3.63, 3.8) is 0 Å². The van der Waals surface area contributed by atoms with Crippen molar-refractivity contribution in [2.75, 3.05) is 5.73 Å². The van der Waals surface area contributed by atoms with Gasteiger partial charge in [-0.05, 0) is 40.3 Å². The van der Waals surface area contributed by atoms with Gasteiger partial charge >= 0.3 is 0 Å². The van der Waals surface area contributed by atoms with Crippen LogP contribution in [0.5, 0.6) is 0 Å². The van der Waals surface area contributed by atoms with E-state index in [2.05, 4.69) is 35.4 Å². The number of tetrazole rings is 1. The molecule has 5 heterocycles. The van der Waals surface area contributed by atoms with Crippen molar-refractivity contribution in [2.24, 2.45) is 7.05 Å². The number of fused-ring (bicyclic) bond motifs is 1. The van der Waals surface area contributed by atoms with Crippen molar-refractivity contribution in [2.45, 2.75) is 6.54 Å². The lowest BCUT2D eigenvalue weighted by Gasteiger charge is -2.13. The molecule has 0 amide bonds. The zero-order chi connectivity index (χ0) is 26.2. The maximum atomic E-state index is 12.1. The van der Waals surface area contributed by atoms with Crippen LogP contribution in [-0.2, 0) is 13.6 Å². The van der Waals surface area contributed by atoms with E-state index in [4.69, 9.17) is 17.3 Å². The standard InChI is InChI=1S/C25H18N12O/c1-27-17-7-5-6-15(12-17)22-21(16-9-10-20(38)35(2)13-16)24-29-19(32-37(24)25(26)30-22)14-36-23(31-33-34-36)18-8-3-4-11-28-18/h3-13H,14H2,2H3,(H2,26,30). The fourth-order valence-electron chi connectivity index (χ4n) is 4.13. The minimum Gasteiger partial charge on any atom is -0.368 e. The quantitative estimate of drug-likeness (QED) is 0.350. The predicted octanol–water partition coefficient (Wildman–Crippen LogP) is 2.39. The summed E-state index contributed by atoms with van der Waals surface area (Å²) in [5.74, 6) is 0.962. The second-order valence-electron chi connectivity index (χ2n) is 8.36. The first kappa shape index (κ1) is 22.7. The summed E-state index contributed by atoms with van der Waals surface area (Å²) in [4.78, 5) is 29.4. The predicted molar refractivity (Wildman–Crippen MR) is 138 cm³/mol. The second-order valence-corrected chi connectivity index (χ2v) is 8.36. The van der Waals surface area contributed by atoms with E-state index in [1.807, 2.05) is 24.3 Å². The zero-order valence-corrected chi connectivity index (χ0v) is 20.0. The largest absolute Gasteiger partial charge is 0.368 e. The fourth-order valence-corrected chi connectivity index (χ4v) is 4.13. The first-order chi connectivity index (χ1) is 18.5. The number of rotatable bonds is 5. The topological polar surface area (TPSA) is 152 Å². The molecule has 0 saturated carbocycles. The van der Waals surface area contributed by atoms with Crippen molar-refractivity contribution in [1.29, 1.82) is 0 Å². The summed E-state index contributed by atoms with van der Waals surface area (Å²) in [5, 5.41) is 16.5. The van der Waals surface area contributed by atoms with Crippen molar-refractivity contribution < 1.29 is 0 Å². The summed E-state index contributed by atoms with van der Waals surface area (Å²) >= 11 is 0. The Balaban J connectivity index is 1.55. The number of aryl methyl sites for hydroxylation is 1. The first-order valence-electron chi connectivity index (χ1n) is 11.4. The number of nitrogens with zero attached hydrogens (tertiary/aromatic N) is 11. The molecular formula is C25H18N12O. The van der Waals surface area contributed by atoms with Crippen LogP contribution in [-0.4, -0.2) is 49.3 Å². The third-order valence-corrected chi connectivity index (χ3v) is 5.90. The molecule has 13 heteroatoms. The molecule has 0 bridgehead atoms. The molecule has 184 valence electrons. The lowest BCUT2D eigenvalue weighted by molar-refractivity contribution is 0.627. The van der Waals surface area contributed by atoms with Gasteiger partial charge in [-0.15, -0.1) is 10.2 Å². The van der Waals surface area contributed by atoms with Crippen LogP contribution in [0.2, 0.25) is 0 Å². The Hall–Kier alpha value is -5.77. The van der Waals surface area contributed by atoms with Gasteiger partial charge in [0, 0.05) is 31.1 Å². The number of aromatic nitrogens is 10. The Morgan fingerprint density at radius 3 is 2.74 bits per heavy atom. The summed E-state index contributed by atoms with van der Waals surface area (Å²) in [5.41, 5.74) is 10.2. The molecule has 1 aromatic carbocycles. The number of anilines is 1. The van der Waals surface area contributed by atoms with Gasteiger partial charge in [-0.1, -0.05) is 24.3 Å². The van der Waals surface area contributed by atoms with Crippen molar-refractivity contribution in [1.82, 2.24) is 49.3 Å². The van der Waals surface area contributed by atoms with Gasteiger partial charge in [0.05, 0.1) is 17.8 Å². The molecule has 0 fully saturated rings. The maximum Gasteiger partial charge on any atom is 0.250 e. The maximum absolute atomic E-state index is 12.1. The summed E-state index contributed by atoms with van der Waals surface area (Å²) in [6.45, 7) is 7.56. The molecule has 6 aromatic rings. The molecule has 0 aliphatic heterocycles. The Kier molecular flexibility index (Phi) is 5.39.